The standard InChI is InChI=1S/C22H22ClN3OS/c23-17(13-14-7-9-15(10-8-14)26-11-2-1-3-12-26)20-24-21(27)19-16-5-4-6-18(16)28-22(19)25-20/h7-10,13H,1-6,11-12H2,(H,24,25,27). The van der Waals surface area contributed by atoms with Crippen molar-refractivity contribution in [3.8, 4) is 0 Å². The summed E-state index contributed by atoms with van der Waals surface area (Å²) in [7, 11) is 0. The van der Waals surface area contributed by atoms with Gasteiger partial charge in [0.25, 0.3) is 5.56 Å². The van der Waals surface area contributed by atoms with Gasteiger partial charge in [-0.25, -0.2) is 4.98 Å². The molecule has 1 aliphatic heterocycles. The first-order valence-electron chi connectivity index (χ1n) is 9.96. The second kappa shape index (κ2) is 7.37. The molecule has 6 heteroatoms. The number of halogens is 1. The Morgan fingerprint density at radius 1 is 1.11 bits per heavy atom. The number of piperidine rings is 1. The van der Waals surface area contributed by atoms with Gasteiger partial charge in [-0.05, 0) is 67.9 Å². The van der Waals surface area contributed by atoms with Gasteiger partial charge in [-0.1, -0.05) is 23.7 Å². The molecule has 4 nitrogen and oxygen atoms in total. The SMILES string of the molecule is O=c1[nH]c(C(Cl)=Cc2ccc(N3CCCCC3)cc2)nc2sc3c(c12)CCC3. The van der Waals surface area contributed by atoms with Gasteiger partial charge in [-0.2, -0.15) is 0 Å². The Hall–Kier alpha value is -2.11. The molecule has 0 atom stereocenters. The molecule has 0 spiro atoms. The summed E-state index contributed by atoms with van der Waals surface area (Å²) in [6.07, 6.45) is 8.89. The third-order valence-corrected chi connectivity index (χ3v) is 7.18. The monoisotopic (exact) mass is 411 g/mol. The van der Waals surface area contributed by atoms with Crippen LogP contribution >= 0.6 is 22.9 Å². The van der Waals surface area contributed by atoms with Crippen molar-refractivity contribution in [1.82, 2.24) is 9.97 Å². The summed E-state index contributed by atoms with van der Waals surface area (Å²) < 4.78 is 0. The van der Waals surface area contributed by atoms with Crippen LogP contribution in [0.3, 0.4) is 0 Å². The van der Waals surface area contributed by atoms with Crippen molar-refractivity contribution in [2.24, 2.45) is 0 Å². The van der Waals surface area contributed by atoms with Crippen molar-refractivity contribution in [3.05, 3.63) is 56.4 Å². The number of aromatic amines is 1. The Kier molecular flexibility index (Phi) is 4.73. The summed E-state index contributed by atoms with van der Waals surface area (Å²) in [4.78, 5) is 24.7. The molecule has 0 saturated carbocycles. The van der Waals surface area contributed by atoms with E-state index in [0.717, 1.165) is 48.1 Å². The molecule has 0 unspecified atom stereocenters. The number of H-pyrrole nitrogens is 1. The van der Waals surface area contributed by atoms with Gasteiger partial charge in [0.05, 0.1) is 10.4 Å². The van der Waals surface area contributed by atoms with Crippen LogP contribution in [-0.4, -0.2) is 23.1 Å². The smallest absolute Gasteiger partial charge is 0.260 e. The van der Waals surface area contributed by atoms with Crippen molar-refractivity contribution in [2.75, 3.05) is 18.0 Å². The summed E-state index contributed by atoms with van der Waals surface area (Å²) in [5, 5.41) is 1.22. The highest BCUT2D eigenvalue weighted by Gasteiger charge is 2.21. The molecule has 2 aromatic heterocycles. The van der Waals surface area contributed by atoms with E-state index in [0.29, 0.717) is 10.9 Å². The summed E-state index contributed by atoms with van der Waals surface area (Å²) in [6.45, 7) is 2.26. The van der Waals surface area contributed by atoms with Gasteiger partial charge in [-0.3, -0.25) is 4.79 Å². The first-order chi connectivity index (χ1) is 13.7. The average Bonchev–Trinajstić information content (AvgIpc) is 3.30. The fraction of sp³-hybridized carbons (Fsp3) is 0.364. The Morgan fingerprint density at radius 3 is 2.68 bits per heavy atom. The van der Waals surface area contributed by atoms with Crippen LogP contribution in [0.15, 0.2) is 29.1 Å². The minimum atomic E-state index is -0.0774. The summed E-state index contributed by atoms with van der Waals surface area (Å²) in [6, 6.07) is 8.43. The Bertz CT molecular complexity index is 1110. The number of fused-ring (bicyclic) bond motifs is 3. The topological polar surface area (TPSA) is 49.0 Å². The van der Waals surface area contributed by atoms with E-state index in [-0.39, 0.29) is 5.56 Å². The Labute approximate surface area is 172 Å². The molecule has 2 aliphatic rings. The van der Waals surface area contributed by atoms with Crippen molar-refractivity contribution < 1.29 is 0 Å². The lowest BCUT2D eigenvalue weighted by atomic mass is 10.1. The molecular formula is C22H22ClN3OS. The molecule has 144 valence electrons. The highest BCUT2D eigenvalue weighted by atomic mass is 35.5. The predicted molar refractivity (Wildman–Crippen MR) is 118 cm³/mol. The van der Waals surface area contributed by atoms with Crippen LogP contribution < -0.4 is 10.5 Å². The maximum Gasteiger partial charge on any atom is 0.260 e. The van der Waals surface area contributed by atoms with Gasteiger partial charge < -0.3 is 9.88 Å². The van der Waals surface area contributed by atoms with Crippen LogP contribution in [0.5, 0.6) is 0 Å². The quantitative estimate of drug-likeness (QED) is 0.644. The maximum atomic E-state index is 12.6. The number of hydrogen-bond acceptors (Lipinski definition) is 4. The van der Waals surface area contributed by atoms with Crippen LogP contribution in [0, 0.1) is 0 Å². The van der Waals surface area contributed by atoms with Gasteiger partial charge in [-0.15, -0.1) is 11.3 Å². The number of aromatic nitrogens is 2. The molecule has 1 saturated heterocycles. The van der Waals surface area contributed by atoms with Crippen molar-refractivity contribution in [2.45, 2.75) is 38.5 Å². The maximum absolute atomic E-state index is 12.6. The van der Waals surface area contributed by atoms with E-state index in [1.54, 1.807) is 11.3 Å². The molecule has 3 heterocycles. The van der Waals surface area contributed by atoms with E-state index < -0.39 is 0 Å². The lowest BCUT2D eigenvalue weighted by molar-refractivity contribution is 0.578. The highest BCUT2D eigenvalue weighted by Crippen LogP contribution is 2.35. The number of hydrogen-bond donors (Lipinski definition) is 1. The number of thiophene rings is 1. The highest BCUT2D eigenvalue weighted by molar-refractivity contribution is 7.18. The molecular weight excluding hydrogens is 390 g/mol. The first kappa shape index (κ1) is 18.0. The number of nitrogens with one attached hydrogen (secondary N) is 1. The second-order valence-electron chi connectivity index (χ2n) is 7.58. The van der Waals surface area contributed by atoms with Crippen LogP contribution in [-0.2, 0) is 12.8 Å². The molecule has 1 fully saturated rings. The molecule has 1 aromatic carbocycles. The molecule has 1 aliphatic carbocycles. The fourth-order valence-corrected chi connectivity index (χ4v) is 5.74. The number of anilines is 1. The molecule has 0 bridgehead atoms. The summed E-state index contributed by atoms with van der Waals surface area (Å²) in [5.41, 5.74) is 3.37. The third kappa shape index (κ3) is 3.27. The third-order valence-electron chi connectivity index (χ3n) is 5.71. The van der Waals surface area contributed by atoms with Gasteiger partial charge in [0, 0.05) is 23.7 Å². The Morgan fingerprint density at radius 2 is 1.89 bits per heavy atom. The van der Waals surface area contributed by atoms with E-state index in [1.165, 1.54) is 35.4 Å². The molecule has 3 aromatic rings. The van der Waals surface area contributed by atoms with E-state index in [1.807, 2.05) is 6.08 Å². The number of rotatable bonds is 3. The Balaban J connectivity index is 1.43. The normalized spacial score (nSPS) is 17.3. The van der Waals surface area contributed by atoms with Crippen LogP contribution in [0.2, 0.25) is 0 Å². The van der Waals surface area contributed by atoms with E-state index >= 15 is 0 Å². The zero-order chi connectivity index (χ0) is 19.1. The van der Waals surface area contributed by atoms with Gasteiger partial charge in [0.1, 0.15) is 4.83 Å². The average molecular weight is 412 g/mol. The van der Waals surface area contributed by atoms with Crippen LogP contribution in [0.25, 0.3) is 21.3 Å². The molecule has 28 heavy (non-hydrogen) atoms. The minimum absolute atomic E-state index is 0.0774. The number of benzene rings is 1. The van der Waals surface area contributed by atoms with Gasteiger partial charge in [0.2, 0.25) is 0 Å². The fourth-order valence-electron chi connectivity index (χ4n) is 4.26. The molecule has 5 rings (SSSR count). The minimum Gasteiger partial charge on any atom is -0.372 e. The molecule has 0 radical (unpaired) electrons. The van der Waals surface area contributed by atoms with Gasteiger partial charge in [0.15, 0.2) is 5.82 Å². The first-order valence-corrected chi connectivity index (χ1v) is 11.2. The van der Waals surface area contributed by atoms with E-state index in [2.05, 4.69) is 39.1 Å². The number of nitrogens with zero attached hydrogens (tertiary/aromatic N) is 2. The van der Waals surface area contributed by atoms with E-state index in [9.17, 15) is 4.79 Å². The summed E-state index contributed by atoms with van der Waals surface area (Å²) >= 11 is 8.15. The van der Waals surface area contributed by atoms with Crippen molar-refractivity contribution >= 4 is 50.0 Å². The predicted octanol–water partition coefficient (Wildman–Crippen LogP) is 5.20. The summed E-state index contributed by atoms with van der Waals surface area (Å²) in [5.74, 6) is 0.444. The lowest BCUT2D eigenvalue weighted by Crippen LogP contribution is -2.29. The largest absolute Gasteiger partial charge is 0.372 e. The zero-order valence-electron chi connectivity index (χ0n) is 15.6. The number of aryl methyl sites for hydroxylation is 2. The van der Waals surface area contributed by atoms with Crippen LogP contribution in [0.4, 0.5) is 5.69 Å². The molecule has 0 amide bonds. The van der Waals surface area contributed by atoms with Crippen molar-refractivity contribution in [3.63, 3.8) is 0 Å². The van der Waals surface area contributed by atoms with E-state index in [4.69, 9.17) is 11.6 Å². The molecule has 1 N–H and O–H groups in total. The van der Waals surface area contributed by atoms with Gasteiger partial charge >= 0.3 is 0 Å². The van der Waals surface area contributed by atoms with Crippen molar-refractivity contribution in [1.29, 1.82) is 0 Å². The second-order valence-corrected chi connectivity index (χ2v) is 9.07. The lowest BCUT2D eigenvalue weighted by Gasteiger charge is -2.28. The zero-order valence-corrected chi connectivity index (χ0v) is 17.2. The van der Waals surface area contributed by atoms with Crippen LogP contribution in [0.1, 0.15) is 47.5 Å².